The van der Waals surface area contributed by atoms with Crippen LogP contribution in [0.15, 0.2) is 11.6 Å². The van der Waals surface area contributed by atoms with Crippen LogP contribution in [-0.4, -0.2) is 94.3 Å². The molecule has 2 saturated heterocycles. The van der Waals surface area contributed by atoms with Crippen molar-refractivity contribution in [2.45, 2.75) is 368 Å². The average molecular weight is 1090 g/mol. The number of carbonyl (C=O) groups is 2. The summed E-state index contributed by atoms with van der Waals surface area (Å²) in [6, 6.07) is 0. The lowest BCUT2D eigenvalue weighted by Crippen LogP contribution is -2.63. The van der Waals surface area contributed by atoms with Gasteiger partial charge < -0.3 is 44.1 Å². The fraction of sp³-hybridized carbons (Fsp3) is 0.939. The third-order valence-electron chi connectivity index (χ3n) is 17.0. The number of rotatable bonds is 49. The minimum atomic E-state index is -1.36. The summed E-state index contributed by atoms with van der Waals surface area (Å²) in [4.78, 5) is 27.5. The van der Waals surface area contributed by atoms with Crippen molar-refractivity contribution in [3.63, 3.8) is 0 Å². The molecule has 13 atom stereocenters. The van der Waals surface area contributed by atoms with E-state index < -0.39 is 79.8 Å². The summed E-state index contributed by atoms with van der Waals surface area (Å²) in [5.74, 6) is -0.683. The Morgan fingerprint density at radius 3 is 1.34 bits per heavy atom. The second-order valence-corrected chi connectivity index (χ2v) is 24.7. The quantitative estimate of drug-likeness (QED) is 0.0261. The number of unbranched alkanes of at least 4 members (excludes halogenated alkanes) is 33. The van der Waals surface area contributed by atoms with Gasteiger partial charge in [-0.3, -0.25) is 4.79 Å². The first-order valence-corrected chi connectivity index (χ1v) is 33.0. The fourth-order valence-electron chi connectivity index (χ4n) is 12.0. The lowest BCUT2D eigenvalue weighted by molar-refractivity contribution is -0.368. The van der Waals surface area contributed by atoms with E-state index in [9.17, 15) is 30.0 Å². The number of hydrogen-bond donors (Lipinski definition) is 4. The van der Waals surface area contributed by atoms with Crippen molar-refractivity contribution >= 4 is 11.9 Å². The van der Waals surface area contributed by atoms with Gasteiger partial charge in [-0.1, -0.05) is 279 Å². The molecule has 454 valence electrons. The molecule has 2 fully saturated rings. The predicted molar refractivity (Wildman–Crippen MR) is 315 cm³/mol. The van der Waals surface area contributed by atoms with E-state index in [0.29, 0.717) is 30.3 Å². The van der Waals surface area contributed by atoms with Crippen LogP contribution in [0.1, 0.15) is 312 Å². The standard InChI is InChI=1S/C66H124O11/c1-9-12-14-16-18-20-22-24-25-26-27-28-29-30-31-32-34-35-37-39-41-43-45-51(4)47-52(5)48-53(6)49-54(7)64(72)76-62-61(71)56(11-3)73-66(77-65-55(8)59(69)60(70)57(50-67)74-65)63(62)75-58(68)46-44-42-40-38-36-33-23-21-19-17-15-13-10-2/h49,51-53,55-57,59-63,65-67,69-71H,9-48,50H2,1-8H3/b54-49+/t51-,52-,53-,55?,56?,57?,59?,60?,61?,62?,63?,65?,66?/m0/s1. The van der Waals surface area contributed by atoms with Crippen molar-refractivity contribution in [1.82, 2.24) is 0 Å². The largest absolute Gasteiger partial charge is 0.453 e. The van der Waals surface area contributed by atoms with Gasteiger partial charge in [0.2, 0.25) is 6.29 Å². The zero-order valence-corrected chi connectivity index (χ0v) is 51.2. The summed E-state index contributed by atoms with van der Waals surface area (Å²) >= 11 is 0. The first kappa shape index (κ1) is 71.5. The monoisotopic (exact) mass is 1090 g/mol. The summed E-state index contributed by atoms with van der Waals surface area (Å²) in [7, 11) is 0. The topological polar surface area (TPSA) is 161 Å². The van der Waals surface area contributed by atoms with Crippen LogP contribution in [0.5, 0.6) is 0 Å². The summed E-state index contributed by atoms with van der Waals surface area (Å²) in [5.41, 5.74) is 0.404. The highest BCUT2D eigenvalue weighted by molar-refractivity contribution is 5.88. The van der Waals surface area contributed by atoms with Crippen molar-refractivity contribution < 1.29 is 53.7 Å². The molecule has 11 heteroatoms. The van der Waals surface area contributed by atoms with Crippen LogP contribution >= 0.6 is 0 Å². The molecule has 0 aromatic carbocycles. The van der Waals surface area contributed by atoms with Gasteiger partial charge in [-0.25, -0.2) is 4.79 Å². The summed E-state index contributed by atoms with van der Waals surface area (Å²) in [5, 5.41) is 42.9. The van der Waals surface area contributed by atoms with E-state index >= 15 is 0 Å². The van der Waals surface area contributed by atoms with Crippen molar-refractivity contribution in [3.05, 3.63) is 11.6 Å². The fourth-order valence-corrected chi connectivity index (χ4v) is 12.0. The van der Waals surface area contributed by atoms with E-state index in [4.69, 9.17) is 23.7 Å². The number of hydrogen-bond acceptors (Lipinski definition) is 11. The Morgan fingerprint density at radius 1 is 0.494 bits per heavy atom. The van der Waals surface area contributed by atoms with E-state index in [1.807, 2.05) is 13.0 Å². The van der Waals surface area contributed by atoms with Crippen LogP contribution in [0.25, 0.3) is 0 Å². The molecule has 77 heavy (non-hydrogen) atoms. The van der Waals surface area contributed by atoms with Gasteiger partial charge in [-0.2, -0.15) is 0 Å². The van der Waals surface area contributed by atoms with E-state index in [1.165, 1.54) is 205 Å². The van der Waals surface area contributed by atoms with Crippen molar-refractivity contribution in [2.24, 2.45) is 23.7 Å². The molecule has 0 bridgehead atoms. The average Bonchev–Trinajstić information content (AvgIpc) is 3.40. The van der Waals surface area contributed by atoms with Crippen LogP contribution < -0.4 is 0 Å². The molecular weight excluding hydrogens is 969 g/mol. The molecule has 2 aliphatic rings. The van der Waals surface area contributed by atoms with Crippen LogP contribution in [-0.2, 0) is 33.3 Å². The van der Waals surface area contributed by atoms with E-state index in [-0.39, 0.29) is 12.3 Å². The maximum absolute atomic E-state index is 13.9. The van der Waals surface area contributed by atoms with Gasteiger partial charge >= 0.3 is 11.9 Å². The Bertz CT molecular complexity index is 1440. The molecule has 10 unspecified atom stereocenters. The van der Waals surface area contributed by atoms with Gasteiger partial charge in [0.25, 0.3) is 0 Å². The molecule has 11 nitrogen and oxygen atoms in total. The number of allylic oxidation sites excluding steroid dienone is 1. The lowest BCUT2D eigenvalue weighted by Gasteiger charge is -2.46. The molecule has 0 amide bonds. The number of ether oxygens (including phenoxy) is 5. The molecule has 0 spiro atoms. The Balaban J connectivity index is 1.80. The molecule has 0 saturated carbocycles. The Labute approximate surface area is 473 Å². The molecule has 2 aliphatic heterocycles. The van der Waals surface area contributed by atoms with Gasteiger partial charge in [0.1, 0.15) is 18.3 Å². The third kappa shape index (κ3) is 32.6. The van der Waals surface area contributed by atoms with E-state index in [2.05, 4.69) is 34.6 Å². The van der Waals surface area contributed by atoms with Crippen LogP contribution in [0.4, 0.5) is 0 Å². The zero-order valence-electron chi connectivity index (χ0n) is 51.2. The number of carbonyl (C=O) groups excluding carboxylic acids is 2. The van der Waals surface area contributed by atoms with Crippen molar-refractivity contribution in [1.29, 1.82) is 0 Å². The van der Waals surface area contributed by atoms with Gasteiger partial charge in [-0.15, -0.1) is 0 Å². The lowest BCUT2D eigenvalue weighted by atomic mass is 9.86. The number of aliphatic hydroxyl groups is 4. The smallest absolute Gasteiger partial charge is 0.333 e. The Hall–Kier alpha value is -1.60. The second-order valence-electron chi connectivity index (χ2n) is 24.7. The van der Waals surface area contributed by atoms with E-state index in [0.717, 1.165) is 32.1 Å². The highest BCUT2D eigenvalue weighted by Crippen LogP contribution is 2.35. The number of esters is 2. The first-order chi connectivity index (χ1) is 37.3. The number of aliphatic hydroxyl groups excluding tert-OH is 4. The van der Waals surface area contributed by atoms with Gasteiger partial charge in [-0.05, 0) is 50.4 Å². The highest BCUT2D eigenvalue weighted by Gasteiger charge is 2.52. The summed E-state index contributed by atoms with van der Waals surface area (Å²) in [6.45, 7) is 15.9. The summed E-state index contributed by atoms with van der Waals surface area (Å²) in [6.07, 6.45) is 40.7. The van der Waals surface area contributed by atoms with Gasteiger partial charge in [0.15, 0.2) is 18.5 Å². The molecular formula is C66H124O11. The molecule has 0 aromatic rings. The normalized spacial score (nSPS) is 25.2. The molecule has 2 heterocycles. The minimum Gasteiger partial charge on any atom is -0.453 e. The maximum atomic E-state index is 13.9. The highest BCUT2D eigenvalue weighted by atomic mass is 16.8. The molecule has 0 aromatic heterocycles. The minimum absolute atomic E-state index is 0.110. The van der Waals surface area contributed by atoms with Crippen LogP contribution in [0.2, 0.25) is 0 Å². The summed E-state index contributed by atoms with van der Waals surface area (Å²) < 4.78 is 30.5. The SMILES string of the molecule is CCCCCCCCCCCCCCCCCCCCCCCC[C@H](C)C[C@H](C)C[C@H](C)/C=C(\C)C(=O)OC1C(O)C(CC)OC(OC2OC(CO)C(O)C(O)C2C)C1OC(=O)CCCCCCCCCCCCCCC. The van der Waals surface area contributed by atoms with Gasteiger partial charge in [0, 0.05) is 17.9 Å². The predicted octanol–water partition coefficient (Wildman–Crippen LogP) is 16.5. The van der Waals surface area contributed by atoms with Crippen molar-refractivity contribution in [2.75, 3.05) is 6.61 Å². The molecule has 0 radical (unpaired) electrons. The van der Waals surface area contributed by atoms with Crippen LogP contribution in [0, 0.1) is 23.7 Å². The third-order valence-corrected chi connectivity index (χ3v) is 17.0. The van der Waals surface area contributed by atoms with Crippen molar-refractivity contribution in [3.8, 4) is 0 Å². The van der Waals surface area contributed by atoms with Crippen LogP contribution in [0.3, 0.4) is 0 Å². The molecule has 0 aliphatic carbocycles. The first-order valence-electron chi connectivity index (χ1n) is 33.0. The Morgan fingerprint density at radius 2 is 0.909 bits per heavy atom. The van der Waals surface area contributed by atoms with Gasteiger partial charge in [0.05, 0.1) is 18.8 Å². The maximum Gasteiger partial charge on any atom is 0.333 e. The molecule has 4 N–H and O–H groups in total. The van der Waals surface area contributed by atoms with E-state index in [1.54, 1.807) is 13.8 Å². The second kappa shape index (κ2) is 45.9. The zero-order chi connectivity index (χ0) is 56.5. The Kier molecular flexibility index (Phi) is 42.7. The molecule has 2 rings (SSSR count).